The molecule has 0 aliphatic rings. The lowest BCUT2D eigenvalue weighted by atomic mass is 9.98. The number of para-hydroxylation sites is 1. The van der Waals surface area contributed by atoms with E-state index in [0.29, 0.717) is 10.9 Å². The van der Waals surface area contributed by atoms with Crippen molar-refractivity contribution in [3.8, 4) is 11.1 Å². The maximum Gasteiger partial charge on any atom is 0.433 e. The maximum atomic E-state index is 13.5. The van der Waals surface area contributed by atoms with Gasteiger partial charge in [-0.3, -0.25) is 0 Å². The lowest BCUT2D eigenvalue weighted by Crippen LogP contribution is -2.09. The van der Waals surface area contributed by atoms with E-state index in [4.69, 9.17) is 0 Å². The zero-order valence-electron chi connectivity index (χ0n) is 12.5. The minimum absolute atomic E-state index is 0.127. The third-order valence-corrected chi connectivity index (χ3v) is 4.08. The van der Waals surface area contributed by atoms with Gasteiger partial charge in [-0.05, 0) is 28.6 Å². The zero-order chi connectivity index (χ0) is 16.7. The Morgan fingerprint density at radius 2 is 1.33 bits per heavy atom. The molecule has 0 bridgehead atoms. The van der Waals surface area contributed by atoms with Crippen molar-refractivity contribution in [1.82, 2.24) is 4.98 Å². The molecule has 24 heavy (non-hydrogen) atoms. The van der Waals surface area contributed by atoms with Gasteiger partial charge in [0.1, 0.15) is 0 Å². The molecule has 3 aromatic carbocycles. The average molecular weight is 323 g/mol. The number of hydrogen-bond acceptors (Lipinski definition) is 1. The van der Waals surface area contributed by atoms with Gasteiger partial charge in [-0.1, -0.05) is 60.7 Å². The third kappa shape index (κ3) is 2.40. The molecule has 0 fully saturated rings. The van der Waals surface area contributed by atoms with Crippen molar-refractivity contribution in [2.45, 2.75) is 6.18 Å². The molecule has 118 valence electrons. The Hall–Kier alpha value is -2.88. The van der Waals surface area contributed by atoms with Gasteiger partial charge < -0.3 is 0 Å². The fourth-order valence-electron chi connectivity index (χ4n) is 2.98. The summed E-state index contributed by atoms with van der Waals surface area (Å²) in [5, 5.41) is 1.41. The van der Waals surface area contributed by atoms with Crippen LogP contribution in [0.5, 0.6) is 0 Å². The topological polar surface area (TPSA) is 12.9 Å². The first kappa shape index (κ1) is 14.7. The van der Waals surface area contributed by atoms with Crippen molar-refractivity contribution < 1.29 is 13.2 Å². The lowest BCUT2D eigenvalue weighted by Gasteiger charge is -2.13. The van der Waals surface area contributed by atoms with Crippen molar-refractivity contribution in [1.29, 1.82) is 0 Å². The van der Waals surface area contributed by atoms with Gasteiger partial charge in [-0.25, -0.2) is 4.98 Å². The van der Waals surface area contributed by atoms with E-state index >= 15 is 0 Å². The second-order valence-corrected chi connectivity index (χ2v) is 5.60. The first-order valence-corrected chi connectivity index (χ1v) is 7.49. The van der Waals surface area contributed by atoms with Crippen molar-refractivity contribution in [3.05, 3.63) is 78.5 Å². The molecule has 1 nitrogen and oxygen atoms in total. The fraction of sp³-hybridized carbons (Fsp3) is 0.0500. The van der Waals surface area contributed by atoms with Gasteiger partial charge in [0.2, 0.25) is 0 Å². The van der Waals surface area contributed by atoms with Crippen LogP contribution in [0.2, 0.25) is 0 Å². The van der Waals surface area contributed by atoms with Gasteiger partial charge >= 0.3 is 6.18 Å². The fourth-order valence-corrected chi connectivity index (χ4v) is 2.98. The van der Waals surface area contributed by atoms with E-state index < -0.39 is 11.9 Å². The largest absolute Gasteiger partial charge is 0.433 e. The number of rotatable bonds is 1. The van der Waals surface area contributed by atoms with Crippen LogP contribution >= 0.6 is 0 Å². The molecule has 0 spiro atoms. The van der Waals surface area contributed by atoms with Crippen molar-refractivity contribution >= 4 is 21.7 Å². The Balaban J connectivity index is 2.10. The summed E-state index contributed by atoms with van der Waals surface area (Å²) >= 11 is 0. The summed E-state index contributed by atoms with van der Waals surface area (Å²) in [5.74, 6) is 0. The molecular formula is C20H12F3N. The molecular weight excluding hydrogens is 311 g/mol. The molecule has 0 N–H and O–H groups in total. The van der Waals surface area contributed by atoms with Gasteiger partial charge in [0.05, 0.1) is 5.52 Å². The minimum Gasteiger partial charge on any atom is -0.243 e. The molecule has 0 aliphatic heterocycles. The molecule has 0 radical (unpaired) electrons. The van der Waals surface area contributed by atoms with Gasteiger partial charge in [0.25, 0.3) is 0 Å². The van der Waals surface area contributed by atoms with Gasteiger partial charge in [-0.2, -0.15) is 13.2 Å². The zero-order valence-corrected chi connectivity index (χ0v) is 12.5. The highest BCUT2D eigenvalue weighted by atomic mass is 19.4. The first-order valence-electron chi connectivity index (χ1n) is 7.49. The smallest absolute Gasteiger partial charge is 0.243 e. The van der Waals surface area contributed by atoms with Crippen LogP contribution in [0.3, 0.4) is 0 Å². The Morgan fingerprint density at radius 1 is 0.625 bits per heavy atom. The summed E-state index contributed by atoms with van der Waals surface area (Å²) in [7, 11) is 0. The Labute approximate surface area is 136 Å². The van der Waals surface area contributed by atoms with Crippen LogP contribution in [0.25, 0.3) is 32.8 Å². The van der Waals surface area contributed by atoms with E-state index in [1.165, 1.54) is 0 Å². The number of benzene rings is 3. The summed E-state index contributed by atoms with van der Waals surface area (Å²) in [4.78, 5) is 3.88. The summed E-state index contributed by atoms with van der Waals surface area (Å²) in [6, 6.07) is 21.4. The van der Waals surface area contributed by atoms with Crippen LogP contribution in [0, 0.1) is 0 Å². The van der Waals surface area contributed by atoms with E-state index in [0.717, 1.165) is 16.5 Å². The summed E-state index contributed by atoms with van der Waals surface area (Å²) in [6.07, 6.45) is -4.50. The average Bonchev–Trinajstić information content (AvgIpc) is 2.60. The van der Waals surface area contributed by atoms with E-state index in [1.807, 2.05) is 42.5 Å². The molecule has 0 amide bonds. The maximum absolute atomic E-state index is 13.5. The van der Waals surface area contributed by atoms with Crippen molar-refractivity contribution in [2.24, 2.45) is 0 Å². The Morgan fingerprint density at radius 3 is 2.08 bits per heavy atom. The summed E-state index contributed by atoms with van der Waals surface area (Å²) in [5.41, 5.74) is 1.13. The molecule has 4 heteroatoms. The summed E-state index contributed by atoms with van der Waals surface area (Å²) < 4.78 is 40.6. The molecule has 0 saturated carbocycles. The van der Waals surface area contributed by atoms with Crippen LogP contribution in [0.15, 0.2) is 72.8 Å². The molecule has 4 rings (SSSR count). The highest BCUT2D eigenvalue weighted by Gasteiger charge is 2.35. The second-order valence-electron chi connectivity index (χ2n) is 5.60. The highest BCUT2D eigenvalue weighted by molar-refractivity contribution is 6.07. The molecule has 4 aromatic rings. The predicted molar refractivity (Wildman–Crippen MR) is 89.7 cm³/mol. The number of alkyl halides is 3. The van der Waals surface area contributed by atoms with Crippen LogP contribution in [0.4, 0.5) is 13.2 Å². The number of halogens is 3. The quantitative estimate of drug-likeness (QED) is 0.387. The van der Waals surface area contributed by atoms with Gasteiger partial charge in [0.15, 0.2) is 5.69 Å². The number of nitrogens with zero attached hydrogens (tertiary/aromatic N) is 1. The van der Waals surface area contributed by atoms with Gasteiger partial charge in [0, 0.05) is 10.8 Å². The molecule has 0 saturated heterocycles. The molecule has 0 atom stereocenters. The number of hydrogen-bond donors (Lipinski definition) is 0. The monoisotopic (exact) mass is 323 g/mol. The number of fused-ring (bicyclic) bond motifs is 3. The third-order valence-electron chi connectivity index (χ3n) is 4.08. The number of aromatic nitrogens is 1. The van der Waals surface area contributed by atoms with Gasteiger partial charge in [-0.15, -0.1) is 0 Å². The van der Waals surface area contributed by atoms with E-state index in [2.05, 4.69) is 4.98 Å². The van der Waals surface area contributed by atoms with E-state index in [9.17, 15) is 13.2 Å². The van der Waals surface area contributed by atoms with Crippen LogP contribution in [-0.4, -0.2) is 4.98 Å². The Bertz CT molecular complexity index is 1040. The van der Waals surface area contributed by atoms with E-state index in [-0.39, 0.29) is 5.39 Å². The standard InChI is InChI=1S/C20H12F3N/c21-20(22,23)19-17-12-14(13-6-2-1-3-7-13)10-11-15(17)16-8-4-5-9-18(16)24-19/h1-12H. The SMILES string of the molecule is FC(F)(F)c1nc2ccccc2c2ccc(-c3ccccc3)cc12. The van der Waals surface area contributed by atoms with Crippen LogP contribution in [-0.2, 0) is 6.18 Å². The number of pyridine rings is 1. The molecule has 0 unspecified atom stereocenters. The van der Waals surface area contributed by atoms with Crippen LogP contribution < -0.4 is 0 Å². The summed E-state index contributed by atoms with van der Waals surface area (Å²) in [6.45, 7) is 0. The van der Waals surface area contributed by atoms with Crippen LogP contribution in [0.1, 0.15) is 5.69 Å². The lowest BCUT2D eigenvalue weighted by molar-refractivity contribution is -0.139. The van der Waals surface area contributed by atoms with Crippen molar-refractivity contribution in [3.63, 3.8) is 0 Å². The first-order chi connectivity index (χ1) is 11.5. The molecule has 1 aromatic heterocycles. The van der Waals surface area contributed by atoms with Crippen molar-refractivity contribution in [2.75, 3.05) is 0 Å². The predicted octanol–water partition coefficient (Wildman–Crippen LogP) is 6.07. The Kier molecular flexibility index (Phi) is 3.27. The second kappa shape index (κ2) is 5.34. The molecule has 1 heterocycles. The highest BCUT2D eigenvalue weighted by Crippen LogP contribution is 2.38. The van der Waals surface area contributed by atoms with E-state index in [1.54, 1.807) is 30.3 Å². The normalized spacial score (nSPS) is 12.0. The minimum atomic E-state index is -4.50. The molecule has 0 aliphatic carbocycles.